The summed E-state index contributed by atoms with van der Waals surface area (Å²) in [6.45, 7) is 2.99. The van der Waals surface area contributed by atoms with Gasteiger partial charge in [0.1, 0.15) is 6.61 Å². The van der Waals surface area contributed by atoms with Gasteiger partial charge in [-0.15, -0.1) is 0 Å². The normalized spacial score (nSPS) is 10.9. The van der Waals surface area contributed by atoms with Crippen LogP contribution in [0.15, 0.2) is 24.3 Å². The molecule has 5 nitrogen and oxygen atoms in total. The molecular formula is C13H16O5. The maximum absolute atomic E-state index is 11.6. The van der Waals surface area contributed by atoms with Crippen molar-refractivity contribution >= 4 is 11.9 Å². The van der Waals surface area contributed by atoms with Gasteiger partial charge in [-0.25, -0.2) is 9.59 Å². The van der Waals surface area contributed by atoms with Crippen LogP contribution in [0, 0.1) is 0 Å². The van der Waals surface area contributed by atoms with Crippen molar-refractivity contribution in [3.63, 3.8) is 0 Å². The van der Waals surface area contributed by atoms with E-state index in [1.165, 1.54) is 31.4 Å². The molecule has 1 rings (SSSR count). The van der Waals surface area contributed by atoms with E-state index in [4.69, 9.17) is 4.74 Å². The molecule has 0 heterocycles. The fraction of sp³-hybridized carbons (Fsp3) is 0.385. The maximum Gasteiger partial charge on any atom is 0.338 e. The number of methoxy groups -OCH3 is 1. The van der Waals surface area contributed by atoms with Crippen molar-refractivity contribution < 1.29 is 24.2 Å². The molecule has 0 bridgehead atoms. The lowest BCUT2D eigenvalue weighted by Gasteiger charge is -2.16. The average molecular weight is 252 g/mol. The van der Waals surface area contributed by atoms with Crippen LogP contribution in [0.2, 0.25) is 0 Å². The van der Waals surface area contributed by atoms with Crippen molar-refractivity contribution in [3.05, 3.63) is 35.4 Å². The predicted octanol–water partition coefficient (Wildman–Crippen LogP) is 1.40. The molecule has 0 amide bonds. The fourth-order valence-corrected chi connectivity index (χ4v) is 1.19. The first-order valence-corrected chi connectivity index (χ1v) is 5.41. The quantitative estimate of drug-likeness (QED) is 0.820. The number of hydrogen-bond donors (Lipinski definition) is 1. The van der Waals surface area contributed by atoms with Crippen molar-refractivity contribution in [2.24, 2.45) is 0 Å². The Morgan fingerprint density at radius 1 is 1.11 bits per heavy atom. The first-order chi connectivity index (χ1) is 8.33. The highest BCUT2D eigenvalue weighted by molar-refractivity contribution is 5.93. The molecule has 0 atom stereocenters. The number of esters is 2. The second-order valence-electron chi connectivity index (χ2n) is 4.46. The van der Waals surface area contributed by atoms with E-state index >= 15 is 0 Å². The predicted molar refractivity (Wildman–Crippen MR) is 64.4 cm³/mol. The Balaban J connectivity index is 2.68. The van der Waals surface area contributed by atoms with E-state index in [1.54, 1.807) is 13.8 Å². The number of carbonyl (C=O) groups is 2. The van der Waals surface area contributed by atoms with Gasteiger partial charge in [0.05, 0.1) is 23.8 Å². The number of ether oxygens (including phenoxy) is 2. The van der Waals surface area contributed by atoms with Crippen LogP contribution in [-0.4, -0.2) is 36.4 Å². The summed E-state index contributed by atoms with van der Waals surface area (Å²) in [5.41, 5.74) is -0.398. The summed E-state index contributed by atoms with van der Waals surface area (Å²) in [6.07, 6.45) is 0. The van der Waals surface area contributed by atoms with Gasteiger partial charge in [-0.3, -0.25) is 0 Å². The summed E-state index contributed by atoms with van der Waals surface area (Å²) in [7, 11) is 1.29. The summed E-state index contributed by atoms with van der Waals surface area (Å²) < 4.78 is 9.45. The molecule has 0 aliphatic rings. The molecule has 0 radical (unpaired) electrons. The number of rotatable bonds is 4. The molecule has 18 heavy (non-hydrogen) atoms. The van der Waals surface area contributed by atoms with E-state index in [0.29, 0.717) is 11.1 Å². The Morgan fingerprint density at radius 3 is 1.94 bits per heavy atom. The Labute approximate surface area is 105 Å². The van der Waals surface area contributed by atoms with E-state index in [2.05, 4.69) is 4.74 Å². The lowest BCUT2D eigenvalue weighted by molar-refractivity contribution is -0.0100. The topological polar surface area (TPSA) is 72.8 Å². The van der Waals surface area contributed by atoms with Crippen molar-refractivity contribution in [2.45, 2.75) is 19.4 Å². The Hall–Kier alpha value is -1.88. The first kappa shape index (κ1) is 14.2. The minimum atomic E-state index is -1.07. The van der Waals surface area contributed by atoms with Crippen LogP contribution in [0.4, 0.5) is 0 Å². The van der Waals surface area contributed by atoms with Crippen molar-refractivity contribution in [1.82, 2.24) is 0 Å². The highest BCUT2D eigenvalue weighted by atomic mass is 16.5. The molecule has 1 aromatic carbocycles. The van der Waals surface area contributed by atoms with Gasteiger partial charge in [0.15, 0.2) is 0 Å². The lowest BCUT2D eigenvalue weighted by Crippen LogP contribution is -2.27. The van der Waals surface area contributed by atoms with E-state index < -0.39 is 17.5 Å². The van der Waals surface area contributed by atoms with Crippen LogP contribution in [0.1, 0.15) is 34.6 Å². The monoisotopic (exact) mass is 252 g/mol. The second kappa shape index (κ2) is 5.64. The van der Waals surface area contributed by atoms with Gasteiger partial charge in [0.2, 0.25) is 0 Å². The summed E-state index contributed by atoms with van der Waals surface area (Å²) in [5.74, 6) is -1.01. The molecule has 0 saturated heterocycles. The van der Waals surface area contributed by atoms with Gasteiger partial charge in [-0.1, -0.05) is 0 Å². The van der Waals surface area contributed by atoms with E-state index in [-0.39, 0.29) is 6.61 Å². The van der Waals surface area contributed by atoms with Crippen LogP contribution in [-0.2, 0) is 9.47 Å². The molecule has 0 fully saturated rings. The van der Waals surface area contributed by atoms with Gasteiger partial charge >= 0.3 is 11.9 Å². The molecular weight excluding hydrogens is 236 g/mol. The highest BCUT2D eigenvalue weighted by Crippen LogP contribution is 2.09. The van der Waals surface area contributed by atoms with Crippen molar-refractivity contribution in [1.29, 1.82) is 0 Å². The summed E-state index contributed by atoms with van der Waals surface area (Å²) >= 11 is 0. The molecule has 98 valence electrons. The summed E-state index contributed by atoms with van der Waals surface area (Å²) in [6, 6.07) is 5.90. The average Bonchev–Trinajstić information content (AvgIpc) is 2.34. The largest absolute Gasteiger partial charge is 0.465 e. The SMILES string of the molecule is COC(=O)c1ccc(C(=O)OCC(C)(C)O)cc1. The van der Waals surface area contributed by atoms with Crippen LogP contribution < -0.4 is 0 Å². The van der Waals surface area contributed by atoms with Crippen molar-refractivity contribution in [3.8, 4) is 0 Å². The third kappa shape index (κ3) is 4.18. The smallest absolute Gasteiger partial charge is 0.338 e. The summed E-state index contributed by atoms with van der Waals surface area (Å²) in [4.78, 5) is 22.8. The zero-order chi connectivity index (χ0) is 13.8. The highest BCUT2D eigenvalue weighted by Gasteiger charge is 2.17. The maximum atomic E-state index is 11.6. The first-order valence-electron chi connectivity index (χ1n) is 5.41. The van der Waals surface area contributed by atoms with Gasteiger partial charge in [0, 0.05) is 0 Å². The van der Waals surface area contributed by atoms with Gasteiger partial charge < -0.3 is 14.6 Å². The fourth-order valence-electron chi connectivity index (χ4n) is 1.19. The van der Waals surface area contributed by atoms with Gasteiger partial charge in [-0.2, -0.15) is 0 Å². The number of hydrogen-bond acceptors (Lipinski definition) is 5. The number of aliphatic hydroxyl groups is 1. The molecule has 0 spiro atoms. The second-order valence-corrected chi connectivity index (χ2v) is 4.46. The van der Waals surface area contributed by atoms with Crippen LogP contribution >= 0.6 is 0 Å². The molecule has 1 aromatic rings. The van der Waals surface area contributed by atoms with Crippen LogP contribution in [0.25, 0.3) is 0 Å². The molecule has 0 unspecified atom stereocenters. The molecule has 0 aliphatic heterocycles. The number of benzene rings is 1. The van der Waals surface area contributed by atoms with Gasteiger partial charge in [-0.05, 0) is 38.1 Å². The Morgan fingerprint density at radius 2 is 1.56 bits per heavy atom. The third-order valence-corrected chi connectivity index (χ3v) is 2.10. The zero-order valence-electron chi connectivity index (χ0n) is 10.6. The molecule has 0 aromatic heterocycles. The molecule has 0 saturated carbocycles. The summed E-state index contributed by atoms with van der Waals surface area (Å²) in [5, 5.41) is 9.42. The van der Waals surface area contributed by atoms with E-state index in [9.17, 15) is 14.7 Å². The minimum Gasteiger partial charge on any atom is -0.465 e. The minimum absolute atomic E-state index is 0.0927. The molecule has 1 N–H and O–H groups in total. The van der Waals surface area contributed by atoms with Gasteiger partial charge in [0.25, 0.3) is 0 Å². The standard InChI is InChI=1S/C13H16O5/c1-13(2,16)8-18-12(15)10-6-4-9(5-7-10)11(14)17-3/h4-7,16H,8H2,1-3H3. The molecule has 5 heteroatoms. The van der Waals surface area contributed by atoms with E-state index in [1.807, 2.05) is 0 Å². The Kier molecular flexibility index (Phi) is 4.44. The third-order valence-electron chi connectivity index (χ3n) is 2.10. The van der Waals surface area contributed by atoms with E-state index in [0.717, 1.165) is 0 Å². The zero-order valence-corrected chi connectivity index (χ0v) is 10.6. The Bertz CT molecular complexity index is 428. The van der Waals surface area contributed by atoms with Crippen LogP contribution in [0.3, 0.4) is 0 Å². The van der Waals surface area contributed by atoms with Crippen LogP contribution in [0.5, 0.6) is 0 Å². The molecule has 0 aliphatic carbocycles. The van der Waals surface area contributed by atoms with Crippen molar-refractivity contribution in [2.75, 3.05) is 13.7 Å². The lowest BCUT2D eigenvalue weighted by atomic mass is 10.1. The number of carbonyl (C=O) groups excluding carboxylic acids is 2.